The molecule has 6 heteroatoms. The molecule has 1 amide bonds. The van der Waals surface area contributed by atoms with E-state index in [9.17, 15) is 15.2 Å². The zero-order valence-electron chi connectivity index (χ0n) is 15.9. The number of rotatable bonds is 4. The molecule has 0 spiro atoms. The van der Waals surface area contributed by atoms with Gasteiger partial charge in [0, 0.05) is 10.7 Å². The molecular weight excluding hydrogens is 404 g/mol. The SMILES string of the molecule is Cc1ccc(C(C#N)c2cc(C)c(NC(=O)c3cccc(O)c3S)cc2Cl)cc1. The number of phenols is 1. The molecule has 146 valence electrons. The van der Waals surface area contributed by atoms with Gasteiger partial charge >= 0.3 is 0 Å². The number of thiol groups is 1. The lowest BCUT2D eigenvalue weighted by Gasteiger charge is -2.16. The summed E-state index contributed by atoms with van der Waals surface area (Å²) in [6, 6.07) is 18.1. The van der Waals surface area contributed by atoms with Gasteiger partial charge in [0.2, 0.25) is 0 Å². The normalized spacial score (nSPS) is 11.6. The number of aryl methyl sites for hydroxylation is 2. The Labute approximate surface area is 180 Å². The first-order chi connectivity index (χ1) is 13.8. The van der Waals surface area contributed by atoms with Gasteiger partial charge in [-0.05, 0) is 48.7 Å². The van der Waals surface area contributed by atoms with E-state index in [1.165, 1.54) is 6.07 Å². The molecule has 3 aromatic rings. The summed E-state index contributed by atoms with van der Waals surface area (Å²) in [7, 11) is 0. The van der Waals surface area contributed by atoms with E-state index in [-0.39, 0.29) is 16.2 Å². The van der Waals surface area contributed by atoms with Crippen molar-refractivity contribution in [2.24, 2.45) is 0 Å². The Balaban J connectivity index is 1.93. The minimum Gasteiger partial charge on any atom is -0.507 e. The minimum atomic E-state index is -0.512. The fourth-order valence-electron chi connectivity index (χ4n) is 3.05. The van der Waals surface area contributed by atoms with Crippen LogP contribution in [0.25, 0.3) is 0 Å². The summed E-state index contributed by atoms with van der Waals surface area (Å²) < 4.78 is 0. The Hall–Kier alpha value is -2.94. The first kappa shape index (κ1) is 20.8. The summed E-state index contributed by atoms with van der Waals surface area (Å²) in [4.78, 5) is 12.8. The molecule has 0 fully saturated rings. The maximum absolute atomic E-state index is 12.6. The predicted octanol–water partition coefficient (Wildman–Crippen LogP) is 5.86. The summed E-state index contributed by atoms with van der Waals surface area (Å²) in [5.41, 5.74) is 4.20. The number of anilines is 1. The molecule has 0 heterocycles. The van der Waals surface area contributed by atoms with Crippen molar-refractivity contribution in [1.29, 1.82) is 5.26 Å². The Kier molecular flexibility index (Phi) is 6.17. The van der Waals surface area contributed by atoms with Gasteiger partial charge in [0.05, 0.1) is 22.4 Å². The number of halogens is 1. The lowest BCUT2D eigenvalue weighted by atomic mass is 9.90. The molecule has 2 N–H and O–H groups in total. The van der Waals surface area contributed by atoms with Crippen LogP contribution in [0.5, 0.6) is 5.75 Å². The third-order valence-corrected chi connectivity index (χ3v) is 5.50. The average Bonchev–Trinajstić information content (AvgIpc) is 2.69. The number of benzene rings is 3. The van der Waals surface area contributed by atoms with Crippen LogP contribution in [0.4, 0.5) is 5.69 Å². The average molecular weight is 423 g/mol. The number of carbonyl (C=O) groups is 1. The van der Waals surface area contributed by atoms with Crippen molar-refractivity contribution in [2.75, 3.05) is 5.32 Å². The highest BCUT2D eigenvalue weighted by Gasteiger charge is 2.20. The number of nitriles is 1. The molecule has 0 aliphatic carbocycles. The van der Waals surface area contributed by atoms with Crippen molar-refractivity contribution in [2.45, 2.75) is 24.7 Å². The van der Waals surface area contributed by atoms with Crippen molar-refractivity contribution < 1.29 is 9.90 Å². The molecule has 1 unspecified atom stereocenters. The van der Waals surface area contributed by atoms with Crippen LogP contribution in [0.2, 0.25) is 5.02 Å². The number of amides is 1. The van der Waals surface area contributed by atoms with Crippen molar-refractivity contribution in [1.82, 2.24) is 0 Å². The van der Waals surface area contributed by atoms with E-state index in [2.05, 4.69) is 24.0 Å². The van der Waals surface area contributed by atoms with Gasteiger partial charge < -0.3 is 10.4 Å². The molecule has 4 nitrogen and oxygen atoms in total. The van der Waals surface area contributed by atoms with Gasteiger partial charge in [0.15, 0.2) is 0 Å². The maximum Gasteiger partial charge on any atom is 0.256 e. The monoisotopic (exact) mass is 422 g/mol. The summed E-state index contributed by atoms with van der Waals surface area (Å²) >= 11 is 10.7. The van der Waals surface area contributed by atoms with E-state index in [1.54, 1.807) is 18.2 Å². The second-order valence-corrected chi connectivity index (χ2v) is 7.64. The Morgan fingerprint density at radius 3 is 2.52 bits per heavy atom. The Morgan fingerprint density at radius 1 is 1.17 bits per heavy atom. The van der Waals surface area contributed by atoms with E-state index >= 15 is 0 Å². The number of aromatic hydroxyl groups is 1. The Bertz CT molecular complexity index is 1120. The first-order valence-corrected chi connectivity index (χ1v) is 9.73. The largest absolute Gasteiger partial charge is 0.507 e. The summed E-state index contributed by atoms with van der Waals surface area (Å²) in [5.74, 6) is -0.990. The van der Waals surface area contributed by atoms with Crippen LogP contribution >= 0.6 is 24.2 Å². The molecule has 1 atom stereocenters. The highest BCUT2D eigenvalue weighted by atomic mass is 35.5. The van der Waals surface area contributed by atoms with Crippen molar-refractivity contribution in [3.8, 4) is 11.8 Å². The number of carbonyl (C=O) groups excluding carboxylic acids is 1. The molecule has 0 aliphatic heterocycles. The smallest absolute Gasteiger partial charge is 0.256 e. The number of phenolic OH excluding ortho intramolecular Hbond substituents is 1. The molecule has 0 aliphatic rings. The Morgan fingerprint density at radius 2 is 1.86 bits per heavy atom. The molecule has 29 heavy (non-hydrogen) atoms. The van der Waals surface area contributed by atoms with Gasteiger partial charge in [-0.15, -0.1) is 12.6 Å². The standard InChI is InChI=1S/C23H19ClN2O2S/c1-13-6-8-15(9-7-13)18(12-25)17-10-14(2)20(11-19(17)24)26-23(28)16-4-3-5-21(27)22(16)29/h3-11,18,27,29H,1-2H3,(H,26,28). The van der Waals surface area contributed by atoms with Crippen LogP contribution in [0.1, 0.15) is 38.5 Å². The third kappa shape index (κ3) is 4.40. The van der Waals surface area contributed by atoms with Gasteiger partial charge in [0.25, 0.3) is 5.91 Å². The van der Waals surface area contributed by atoms with Crippen LogP contribution < -0.4 is 5.32 Å². The fraction of sp³-hybridized carbons (Fsp3) is 0.130. The summed E-state index contributed by atoms with van der Waals surface area (Å²) in [5, 5.41) is 22.7. The van der Waals surface area contributed by atoms with E-state index in [4.69, 9.17) is 11.6 Å². The van der Waals surface area contributed by atoms with Gasteiger partial charge in [0.1, 0.15) is 5.75 Å². The number of hydrogen-bond acceptors (Lipinski definition) is 4. The molecule has 0 saturated carbocycles. The van der Waals surface area contributed by atoms with E-state index in [0.717, 1.165) is 16.7 Å². The van der Waals surface area contributed by atoms with Crippen LogP contribution in [0, 0.1) is 25.2 Å². The van der Waals surface area contributed by atoms with E-state index in [0.29, 0.717) is 16.3 Å². The lowest BCUT2D eigenvalue weighted by molar-refractivity contribution is 0.102. The summed E-state index contributed by atoms with van der Waals surface area (Å²) in [6.07, 6.45) is 0. The predicted molar refractivity (Wildman–Crippen MR) is 118 cm³/mol. The zero-order valence-corrected chi connectivity index (χ0v) is 17.6. The molecule has 0 saturated heterocycles. The molecular formula is C23H19ClN2O2S. The summed E-state index contributed by atoms with van der Waals surface area (Å²) in [6.45, 7) is 3.82. The molecule has 3 aromatic carbocycles. The van der Waals surface area contributed by atoms with Crippen LogP contribution in [0.3, 0.4) is 0 Å². The number of nitrogens with one attached hydrogen (secondary N) is 1. The maximum atomic E-state index is 12.6. The molecule has 0 radical (unpaired) electrons. The van der Waals surface area contributed by atoms with Crippen LogP contribution in [-0.4, -0.2) is 11.0 Å². The van der Waals surface area contributed by atoms with Gasteiger partial charge in [-0.25, -0.2) is 0 Å². The topological polar surface area (TPSA) is 73.1 Å². The number of nitrogens with zero attached hydrogens (tertiary/aromatic N) is 1. The van der Waals surface area contributed by atoms with E-state index < -0.39 is 11.8 Å². The fourth-order valence-corrected chi connectivity index (χ4v) is 3.57. The quantitative estimate of drug-likeness (QED) is 0.461. The zero-order chi connectivity index (χ0) is 21.1. The van der Waals surface area contributed by atoms with Crippen LogP contribution in [0.15, 0.2) is 59.5 Å². The second kappa shape index (κ2) is 8.60. The molecule has 0 bridgehead atoms. The first-order valence-electron chi connectivity index (χ1n) is 8.90. The highest BCUT2D eigenvalue weighted by Crippen LogP contribution is 2.34. The molecule has 3 rings (SSSR count). The number of hydrogen-bond donors (Lipinski definition) is 3. The lowest BCUT2D eigenvalue weighted by Crippen LogP contribution is -2.14. The van der Waals surface area contributed by atoms with Crippen molar-refractivity contribution in [3.05, 3.63) is 87.4 Å². The van der Waals surface area contributed by atoms with E-state index in [1.807, 2.05) is 44.2 Å². The molecule has 0 aromatic heterocycles. The second-order valence-electron chi connectivity index (χ2n) is 6.79. The highest BCUT2D eigenvalue weighted by molar-refractivity contribution is 7.80. The van der Waals surface area contributed by atoms with Crippen molar-refractivity contribution >= 4 is 35.8 Å². The van der Waals surface area contributed by atoms with Gasteiger partial charge in [-0.3, -0.25) is 4.79 Å². The van der Waals surface area contributed by atoms with Crippen molar-refractivity contribution in [3.63, 3.8) is 0 Å². The van der Waals surface area contributed by atoms with Gasteiger partial charge in [-0.1, -0.05) is 53.6 Å². The van der Waals surface area contributed by atoms with Gasteiger partial charge in [-0.2, -0.15) is 5.26 Å². The van der Waals surface area contributed by atoms with Crippen LogP contribution in [-0.2, 0) is 0 Å². The minimum absolute atomic E-state index is 0.0685. The third-order valence-electron chi connectivity index (χ3n) is 4.70.